The van der Waals surface area contributed by atoms with Crippen LogP contribution in [0.3, 0.4) is 0 Å². The second kappa shape index (κ2) is 7.38. The predicted molar refractivity (Wildman–Crippen MR) is 85.7 cm³/mol. The molecule has 4 nitrogen and oxygen atoms in total. The highest BCUT2D eigenvalue weighted by molar-refractivity contribution is 5.21. The standard InChI is InChI=1S/C18H22N2O2/c21-16(14-22-17-5-2-1-3-6-17)13-20-12-4-7-18(20)15-8-10-19-11-9-15/h1-3,5-6,8-11,16,18,21H,4,7,12-14H2. The Labute approximate surface area is 131 Å². The second-order valence-corrected chi connectivity index (χ2v) is 5.71. The monoisotopic (exact) mass is 298 g/mol. The van der Waals surface area contributed by atoms with E-state index in [9.17, 15) is 5.11 Å². The number of hydrogen-bond donors (Lipinski definition) is 1. The van der Waals surface area contributed by atoms with Crippen molar-refractivity contribution in [2.24, 2.45) is 0 Å². The van der Waals surface area contributed by atoms with E-state index in [0.29, 0.717) is 19.2 Å². The Morgan fingerprint density at radius 1 is 1.18 bits per heavy atom. The quantitative estimate of drug-likeness (QED) is 0.890. The van der Waals surface area contributed by atoms with Gasteiger partial charge in [-0.2, -0.15) is 0 Å². The summed E-state index contributed by atoms with van der Waals surface area (Å²) in [5.74, 6) is 0.800. The van der Waals surface area contributed by atoms with Crippen molar-refractivity contribution in [1.29, 1.82) is 0 Å². The summed E-state index contributed by atoms with van der Waals surface area (Å²) < 4.78 is 5.63. The van der Waals surface area contributed by atoms with Crippen LogP contribution < -0.4 is 4.74 Å². The third-order valence-electron chi connectivity index (χ3n) is 4.09. The Hall–Kier alpha value is -1.91. The van der Waals surface area contributed by atoms with Gasteiger partial charge in [-0.15, -0.1) is 0 Å². The Balaban J connectivity index is 1.53. The van der Waals surface area contributed by atoms with Crippen LogP contribution >= 0.6 is 0 Å². The molecule has 1 N–H and O–H groups in total. The van der Waals surface area contributed by atoms with Crippen molar-refractivity contribution in [3.8, 4) is 5.75 Å². The van der Waals surface area contributed by atoms with Crippen LogP contribution in [0.1, 0.15) is 24.4 Å². The first kappa shape index (κ1) is 15.0. The molecule has 1 aliphatic rings. The van der Waals surface area contributed by atoms with Gasteiger partial charge in [0.15, 0.2) is 0 Å². The molecule has 3 rings (SSSR count). The van der Waals surface area contributed by atoms with E-state index in [4.69, 9.17) is 4.74 Å². The summed E-state index contributed by atoms with van der Waals surface area (Å²) in [7, 11) is 0. The highest BCUT2D eigenvalue weighted by Gasteiger charge is 2.27. The molecule has 2 unspecified atom stereocenters. The Morgan fingerprint density at radius 2 is 1.95 bits per heavy atom. The molecule has 0 radical (unpaired) electrons. The lowest BCUT2D eigenvalue weighted by Gasteiger charge is -2.27. The van der Waals surface area contributed by atoms with Gasteiger partial charge in [-0.05, 0) is 49.2 Å². The summed E-state index contributed by atoms with van der Waals surface area (Å²) in [4.78, 5) is 6.42. The molecule has 116 valence electrons. The van der Waals surface area contributed by atoms with Gasteiger partial charge in [-0.3, -0.25) is 9.88 Å². The number of rotatable bonds is 6. The number of ether oxygens (including phenoxy) is 1. The number of benzene rings is 1. The lowest BCUT2D eigenvalue weighted by molar-refractivity contribution is 0.0638. The first-order chi connectivity index (χ1) is 10.8. The molecule has 2 aromatic rings. The number of para-hydroxylation sites is 1. The number of aliphatic hydroxyl groups is 1. The van der Waals surface area contributed by atoms with E-state index in [2.05, 4.69) is 22.0 Å². The molecule has 0 saturated carbocycles. The van der Waals surface area contributed by atoms with Crippen LogP contribution in [0.25, 0.3) is 0 Å². The summed E-state index contributed by atoms with van der Waals surface area (Å²) in [5.41, 5.74) is 1.28. The Bertz CT molecular complexity index is 562. The topological polar surface area (TPSA) is 45.6 Å². The minimum atomic E-state index is -0.484. The first-order valence-electron chi connectivity index (χ1n) is 7.83. The number of aromatic nitrogens is 1. The normalized spacial score (nSPS) is 20.0. The molecule has 0 bridgehead atoms. The molecule has 1 aromatic carbocycles. The summed E-state index contributed by atoms with van der Waals surface area (Å²) >= 11 is 0. The van der Waals surface area contributed by atoms with Crippen LogP contribution in [0.2, 0.25) is 0 Å². The maximum absolute atomic E-state index is 10.3. The third kappa shape index (κ3) is 3.84. The Morgan fingerprint density at radius 3 is 2.73 bits per heavy atom. The lowest BCUT2D eigenvalue weighted by Crippen LogP contribution is -2.35. The fourth-order valence-corrected chi connectivity index (χ4v) is 3.04. The number of aliphatic hydroxyl groups excluding tert-OH is 1. The maximum Gasteiger partial charge on any atom is 0.119 e. The van der Waals surface area contributed by atoms with Gasteiger partial charge in [0, 0.05) is 25.0 Å². The van der Waals surface area contributed by atoms with Crippen LogP contribution in [-0.4, -0.2) is 40.8 Å². The van der Waals surface area contributed by atoms with Gasteiger partial charge in [0.1, 0.15) is 18.5 Å². The fraction of sp³-hybridized carbons (Fsp3) is 0.389. The first-order valence-corrected chi connectivity index (χ1v) is 7.83. The maximum atomic E-state index is 10.3. The Kier molecular flexibility index (Phi) is 5.03. The van der Waals surface area contributed by atoms with E-state index in [0.717, 1.165) is 18.7 Å². The summed E-state index contributed by atoms with van der Waals surface area (Å²) in [6.07, 6.45) is 5.49. The molecule has 0 aliphatic carbocycles. The van der Waals surface area contributed by atoms with Crippen molar-refractivity contribution in [2.45, 2.75) is 25.0 Å². The van der Waals surface area contributed by atoms with Gasteiger partial charge in [0.05, 0.1) is 0 Å². The zero-order chi connectivity index (χ0) is 15.2. The smallest absolute Gasteiger partial charge is 0.119 e. The van der Waals surface area contributed by atoms with E-state index in [1.807, 2.05) is 42.7 Å². The van der Waals surface area contributed by atoms with E-state index in [-0.39, 0.29) is 0 Å². The van der Waals surface area contributed by atoms with Gasteiger partial charge < -0.3 is 9.84 Å². The summed E-state index contributed by atoms with van der Waals surface area (Å²) in [5, 5.41) is 10.3. The van der Waals surface area contributed by atoms with Crippen molar-refractivity contribution in [1.82, 2.24) is 9.88 Å². The molecule has 22 heavy (non-hydrogen) atoms. The average molecular weight is 298 g/mol. The fourth-order valence-electron chi connectivity index (χ4n) is 3.04. The number of β-amino-alcohol motifs (C(OH)–C–C–N with tert-alkyl or cyclic N) is 1. The van der Waals surface area contributed by atoms with Crippen molar-refractivity contribution in [2.75, 3.05) is 19.7 Å². The van der Waals surface area contributed by atoms with Crippen molar-refractivity contribution >= 4 is 0 Å². The van der Waals surface area contributed by atoms with E-state index in [1.165, 1.54) is 12.0 Å². The molecule has 1 aromatic heterocycles. The summed E-state index contributed by atoms with van der Waals surface area (Å²) in [6, 6.07) is 14.1. The van der Waals surface area contributed by atoms with Crippen molar-refractivity contribution in [3.05, 3.63) is 60.4 Å². The number of nitrogens with zero attached hydrogens (tertiary/aromatic N) is 2. The van der Waals surface area contributed by atoms with E-state index < -0.39 is 6.10 Å². The summed E-state index contributed by atoms with van der Waals surface area (Å²) in [6.45, 7) is 1.98. The molecule has 0 amide bonds. The molecule has 0 spiro atoms. The molecule has 2 heterocycles. The van der Waals surface area contributed by atoms with Gasteiger partial charge in [0.2, 0.25) is 0 Å². The molecular formula is C18H22N2O2. The van der Waals surface area contributed by atoms with Gasteiger partial charge in [-0.25, -0.2) is 0 Å². The lowest BCUT2D eigenvalue weighted by atomic mass is 10.1. The van der Waals surface area contributed by atoms with Crippen LogP contribution in [0.15, 0.2) is 54.9 Å². The van der Waals surface area contributed by atoms with Gasteiger partial charge >= 0.3 is 0 Å². The second-order valence-electron chi connectivity index (χ2n) is 5.71. The minimum Gasteiger partial charge on any atom is -0.491 e. The largest absolute Gasteiger partial charge is 0.491 e. The third-order valence-corrected chi connectivity index (χ3v) is 4.09. The highest BCUT2D eigenvalue weighted by Crippen LogP contribution is 2.31. The predicted octanol–water partition coefficient (Wildman–Crippen LogP) is 2.66. The number of likely N-dealkylation sites (tertiary alicyclic amines) is 1. The zero-order valence-corrected chi connectivity index (χ0v) is 12.6. The van der Waals surface area contributed by atoms with E-state index >= 15 is 0 Å². The zero-order valence-electron chi connectivity index (χ0n) is 12.6. The number of hydrogen-bond acceptors (Lipinski definition) is 4. The van der Waals surface area contributed by atoms with Crippen molar-refractivity contribution < 1.29 is 9.84 Å². The molecule has 4 heteroatoms. The molecule has 1 saturated heterocycles. The SMILES string of the molecule is OC(COc1ccccc1)CN1CCCC1c1ccncc1. The highest BCUT2D eigenvalue weighted by atomic mass is 16.5. The van der Waals surface area contributed by atoms with Crippen LogP contribution in [0.5, 0.6) is 5.75 Å². The minimum absolute atomic E-state index is 0.323. The van der Waals surface area contributed by atoms with Crippen LogP contribution in [0.4, 0.5) is 0 Å². The van der Waals surface area contributed by atoms with Crippen LogP contribution in [-0.2, 0) is 0 Å². The molecule has 2 atom stereocenters. The van der Waals surface area contributed by atoms with Crippen LogP contribution in [0, 0.1) is 0 Å². The van der Waals surface area contributed by atoms with E-state index in [1.54, 1.807) is 0 Å². The van der Waals surface area contributed by atoms with Gasteiger partial charge in [-0.1, -0.05) is 18.2 Å². The van der Waals surface area contributed by atoms with Gasteiger partial charge in [0.25, 0.3) is 0 Å². The molecule has 1 fully saturated rings. The van der Waals surface area contributed by atoms with Crippen molar-refractivity contribution in [3.63, 3.8) is 0 Å². The molecule has 1 aliphatic heterocycles. The average Bonchev–Trinajstić information content (AvgIpc) is 3.03. The number of pyridine rings is 1. The molecular weight excluding hydrogens is 276 g/mol.